The van der Waals surface area contributed by atoms with Crippen molar-refractivity contribution in [3.63, 3.8) is 0 Å². The predicted octanol–water partition coefficient (Wildman–Crippen LogP) is 7.39. The molecule has 0 atom stereocenters. The van der Waals surface area contributed by atoms with Crippen molar-refractivity contribution >= 4 is 7.66 Å². The van der Waals surface area contributed by atoms with E-state index in [1.54, 1.807) is 0 Å². The van der Waals surface area contributed by atoms with Gasteiger partial charge in [-0.05, 0) is 0 Å². The number of rotatable bonds is 7. The van der Waals surface area contributed by atoms with Gasteiger partial charge in [-0.25, -0.2) is 0 Å². The summed E-state index contributed by atoms with van der Waals surface area (Å²) >= 11 is 0. The molecule has 1 aliphatic heterocycles. The van der Waals surface area contributed by atoms with E-state index in [4.69, 9.17) is 0 Å². The third kappa shape index (κ3) is 5.46. The third-order valence-corrected chi connectivity index (χ3v) is 8.52. The Kier molecular flexibility index (Phi) is 8.77. The standard InChI is InChI=1S/C14H14F18NO4P/c1-3-33(4-2)38(34-5-7(15,16)17,35-6-8(18,19)20)36-9(11(21,22)23,12(24,25)26)10(37-38,13(27,28)29)14(30,31)32/h3-6H2,1-2H3. The Morgan fingerprint density at radius 2 is 0.763 bits per heavy atom. The topological polar surface area (TPSA) is 40.2 Å². The predicted molar refractivity (Wildman–Crippen MR) is 85.7 cm³/mol. The SMILES string of the molecule is CCN(CC)P1(OCC(F)(F)F)(OCC(F)(F)F)OC(C(F)(F)F)(C(F)(F)F)C(C(F)(F)F)(C(F)(F)F)O1. The van der Waals surface area contributed by atoms with Gasteiger partial charge in [0.25, 0.3) is 0 Å². The molecule has 0 aromatic rings. The molecule has 38 heavy (non-hydrogen) atoms. The fourth-order valence-corrected chi connectivity index (χ4v) is 7.52. The van der Waals surface area contributed by atoms with Gasteiger partial charge >= 0.3 is 198 Å². The van der Waals surface area contributed by atoms with Crippen LogP contribution in [0.3, 0.4) is 0 Å². The van der Waals surface area contributed by atoms with E-state index in [0.717, 1.165) is 0 Å². The number of hydrogen-bond acceptors (Lipinski definition) is 5. The molecule has 1 heterocycles. The Morgan fingerprint density at radius 1 is 0.526 bits per heavy atom. The normalized spacial score (nSPS) is 23.3. The summed E-state index contributed by atoms with van der Waals surface area (Å²) in [5.74, 6) is 0. The molecule has 0 aromatic carbocycles. The summed E-state index contributed by atoms with van der Waals surface area (Å²) in [5, 5.41) is 0. The van der Waals surface area contributed by atoms with Crippen molar-refractivity contribution in [1.82, 2.24) is 4.67 Å². The summed E-state index contributed by atoms with van der Waals surface area (Å²) in [7, 11) is -8.76. The minimum absolute atomic E-state index is 0.475. The molecular weight excluding hydrogens is 619 g/mol. The number of alkyl halides is 18. The molecule has 0 aliphatic carbocycles. The Hall–Kier alpha value is -1.03. The summed E-state index contributed by atoms with van der Waals surface area (Å²) in [6.45, 7) is -8.83. The Bertz CT molecular complexity index is 747. The first kappa shape index (κ1) is 35.0. The maximum absolute atomic E-state index is 13.9. The first-order valence-electron chi connectivity index (χ1n) is 9.32. The summed E-state index contributed by atoms with van der Waals surface area (Å²) in [6, 6.07) is 0. The van der Waals surface area contributed by atoms with Gasteiger partial charge in [0, 0.05) is 0 Å². The Labute approximate surface area is 199 Å². The molecule has 230 valence electrons. The molecule has 24 heteroatoms. The van der Waals surface area contributed by atoms with E-state index in [2.05, 4.69) is 18.1 Å². The van der Waals surface area contributed by atoms with Crippen LogP contribution in [-0.2, 0) is 18.1 Å². The number of nitrogens with zero attached hydrogens (tertiary/aromatic N) is 1. The second-order valence-corrected chi connectivity index (χ2v) is 10.2. The van der Waals surface area contributed by atoms with E-state index in [-0.39, 0.29) is 0 Å². The van der Waals surface area contributed by atoms with Crippen molar-refractivity contribution in [1.29, 1.82) is 0 Å². The van der Waals surface area contributed by atoms with Crippen LogP contribution in [0.25, 0.3) is 0 Å². The molecule has 5 nitrogen and oxygen atoms in total. The molecule has 0 saturated carbocycles. The van der Waals surface area contributed by atoms with Crippen LogP contribution in [0.5, 0.6) is 0 Å². The fraction of sp³-hybridized carbons (Fsp3) is 1.00. The summed E-state index contributed by atoms with van der Waals surface area (Å²) in [4.78, 5) is 0. The zero-order chi connectivity index (χ0) is 30.7. The van der Waals surface area contributed by atoms with Gasteiger partial charge in [0.05, 0.1) is 0 Å². The van der Waals surface area contributed by atoms with Crippen LogP contribution in [0.4, 0.5) is 79.0 Å². The van der Waals surface area contributed by atoms with Crippen LogP contribution < -0.4 is 0 Å². The van der Waals surface area contributed by atoms with E-state index >= 15 is 0 Å². The Morgan fingerprint density at radius 3 is 0.921 bits per heavy atom. The molecule has 0 amide bonds. The van der Waals surface area contributed by atoms with Gasteiger partial charge in [-0.1, -0.05) is 0 Å². The molecule has 1 saturated heterocycles. The molecule has 1 fully saturated rings. The average molecular weight is 633 g/mol. The molecule has 0 spiro atoms. The second-order valence-electron chi connectivity index (χ2n) is 7.23. The van der Waals surface area contributed by atoms with Gasteiger partial charge in [-0.3, -0.25) is 0 Å². The van der Waals surface area contributed by atoms with Crippen molar-refractivity contribution in [2.45, 2.75) is 62.1 Å². The van der Waals surface area contributed by atoms with Crippen molar-refractivity contribution in [2.75, 3.05) is 26.3 Å². The van der Waals surface area contributed by atoms with Crippen molar-refractivity contribution in [3.8, 4) is 0 Å². The summed E-state index contributed by atoms with van der Waals surface area (Å²) < 4.78 is 258. The van der Waals surface area contributed by atoms with Gasteiger partial charge in [-0.15, -0.1) is 0 Å². The van der Waals surface area contributed by atoms with E-state index < -0.39 is 86.9 Å². The van der Waals surface area contributed by atoms with Crippen LogP contribution in [-0.4, -0.2) is 79.2 Å². The zero-order valence-corrected chi connectivity index (χ0v) is 19.1. The van der Waals surface area contributed by atoms with Crippen molar-refractivity contribution in [2.24, 2.45) is 0 Å². The van der Waals surface area contributed by atoms with Gasteiger partial charge in [0.1, 0.15) is 0 Å². The van der Waals surface area contributed by atoms with Crippen LogP contribution in [0, 0.1) is 0 Å². The van der Waals surface area contributed by atoms with E-state index in [0.29, 0.717) is 13.8 Å². The summed E-state index contributed by atoms with van der Waals surface area (Å²) in [6.07, 6.45) is -43.8. The molecule has 0 bridgehead atoms. The third-order valence-electron chi connectivity index (χ3n) is 4.75. The fourth-order valence-electron chi connectivity index (χ4n) is 3.40. The van der Waals surface area contributed by atoms with Crippen LogP contribution >= 0.6 is 7.66 Å². The minimum atomic E-state index is -8.76. The molecular formula is C14H14F18NO4P. The van der Waals surface area contributed by atoms with Gasteiger partial charge in [0.15, 0.2) is 0 Å². The van der Waals surface area contributed by atoms with Crippen LogP contribution in [0.2, 0.25) is 0 Å². The van der Waals surface area contributed by atoms with E-state index in [1.165, 1.54) is 0 Å². The molecule has 0 unspecified atom stereocenters. The average Bonchev–Trinajstić information content (AvgIpc) is 2.97. The summed E-state index contributed by atoms with van der Waals surface area (Å²) in [5.41, 5.74) is -15.5. The van der Waals surface area contributed by atoms with Crippen molar-refractivity contribution in [3.05, 3.63) is 0 Å². The monoisotopic (exact) mass is 633 g/mol. The Balaban J connectivity index is 4.57. The van der Waals surface area contributed by atoms with Gasteiger partial charge in [-0.2, -0.15) is 0 Å². The van der Waals surface area contributed by atoms with E-state index in [9.17, 15) is 79.0 Å². The first-order chi connectivity index (χ1) is 16.4. The van der Waals surface area contributed by atoms with E-state index in [1.807, 2.05) is 0 Å². The molecule has 1 rings (SSSR count). The van der Waals surface area contributed by atoms with Crippen molar-refractivity contribution < 1.29 is 97.1 Å². The van der Waals surface area contributed by atoms with Gasteiger partial charge in [0.2, 0.25) is 0 Å². The molecule has 1 aliphatic rings. The van der Waals surface area contributed by atoms with Gasteiger partial charge < -0.3 is 0 Å². The zero-order valence-electron chi connectivity index (χ0n) is 18.2. The maximum atomic E-state index is 13.9. The van der Waals surface area contributed by atoms with Crippen LogP contribution in [0.1, 0.15) is 13.8 Å². The molecule has 0 radical (unpaired) electrons. The quantitative estimate of drug-likeness (QED) is 0.216. The number of halogens is 18. The second kappa shape index (κ2) is 9.52. The number of hydrogen-bond donors (Lipinski definition) is 0. The van der Waals surface area contributed by atoms with Crippen LogP contribution in [0.15, 0.2) is 0 Å². The molecule has 0 aromatic heterocycles. The first-order valence-corrected chi connectivity index (χ1v) is 11.2. The molecule has 0 N–H and O–H groups in total.